The Morgan fingerprint density at radius 1 is 0.914 bits per heavy atom. The van der Waals surface area contributed by atoms with Gasteiger partial charge in [0.15, 0.2) is 6.61 Å². The number of carbonyl (C=O) groups excluding carboxylic acids is 4. The first-order valence-corrected chi connectivity index (χ1v) is 11.3. The fourth-order valence-electron chi connectivity index (χ4n) is 4.26. The van der Waals surface area contributed by atoms with Crippen LogP contribution < -0.4 is 0 Å². The second kappa shape index (κ2) is 10.0. The molecule has 2 amide bonds. The Labute approximate surface area is 202 Å². The summed E-state index contributed by atoms with van der Waals surface area (Å²) in [6, 6.07) is 14.6. The number of ether oxygens (including phenoxy) is 1. The summed E-state index contributed by atoms with van der Waals surface area (Å²) in [4.78, 5) is 50.7. The van der Waals surface area contributed by atoms with E-state index >= 15 is 0 Å². The summed E-state index contributed by atoms with van der Waals surface area (Å²) in [7, 11) is 0. The van der Waals surface area contributed by atoms with Crippen LogP contribution in [0.5, 0.6) is 0 Å². The van der Waals surface area contributed by atoms with Gasteiger partial charge in [-0.3, -0.25) is 24.1 Å². The molecule has 0 unspecified atom stereocenters. The van der Waals surface area contributed by atoms with Crippen LogP contribution in [0, 0.1) is 19.7 Å². The van der Waals surface area contributed by atoms with Crippen LogP contribution in [0.2, 0.25) is 0 Å². The van der Waals surface area contributed by atoms with E-state index in [1.165, 1.54) is 12.1 Å². The SMILES string of the molecule is Cc1cc(C(=O)COC(=O)CCN2C(=O)c3ccccc3C2=O)c(C)n1CCc1ccc(F)cc1. The molecular formula is C27H25FN2O5. The number of halogens is 1. The quantitative estimate of drug-likeness (QED) is 0.266. The molecule has 0 aliphatic carbocycles. The molecule has 0 fully saturated rings. The minimum Gasteiger partial charge on any atom is -0.457 e. The zero-order valence-corrected chi connectivity index (χ0v) is 19.5. The van der Waals surface area contributed by atoms with Gasteiger partial charge in [-0.25, -0.2) is 4.39 Å². The van der Waals surface area contributed by atoms with Crippen LogP contribution in [-0.4, -0.2) is 46.2 Å². The molecule has 4 rings (SSSR count). The number of amides is 2. The van der Waals surface area contributed by atoms with E-state index in [1.54, 1.807) is 42.5 Å². The molecule has 2 aromatic carbocycles. The van der Waals surface area contributed by atoms with Gasteiger partial charge in [0.25, 0.3) is 11.8 Å². The van der Waals surface area contributed by atoms with E-state index in [1.807, 2.05) is 18.4 Å². The molecule has 1 aliphatic heterocycles. The van der Waals surface area contributed by atoms with Gasteiger partial charge in [0.05, 0.1) is 17.5 Å². The number of hydrogen-bond acceptors (Lipinski definition) is 5. The summed E-state index contributed by atoms with van der Waals surface area (Å²) in [6.07, 6.45) is 0.479. The summed E-state index contributed by atoms with van der Waals surface area (Å²) >= 11 is 0. The Balaban J connectivity index is 1.29. The number of Topliss-reactive ketones (excluding diaryl/α,β-unsaturated/α-hetero) is 1. The maximum Gasteiger partial charge on any atom is 0.308 e. The number of benzene rings is 2. The molecule has 0 saturated carbocycles. The van der Waals surface area contributed by atoms with E-state index < -0.39 is 24.4 Å². The molecule has 1 aliphatic rings. The van der Waals surface area contributed by atoms with E-state index in [9.17, 15) is 23.6 Å². The molecule has 0 spiro atoms. The first-order valence-electron chi connectivity index (χ1n) is 11.3. The normalized spacial score (nSPS) is 12.7. The van der Waals surface area contributed by atoms with Crippen molar-refractivity contribution in [3.05, 3.63) is 94.1 Å². The lowest BCUT2D eigenvalue weighted by molar-refractivity contribution is -0.142. The standard InChI is InChI=1S/C27H25FN2O5/c1-17-15-23(18(2)29(17)13-11-19-7-9-20(28)10-8-19)24(31)16-35-25(32)12-14-30-26(33)21-5-3-4-6-22(21)27(30)34/h3-10,15H,11-14,16H2,1-2H3. The van der Waals surface area contributed by atoms with Crippen molar-refractivity contribution in [2.75, 3.05) is 13.2 Å². The summed E-state index contributed by atoms with van der Waals surface area (Å²) in [6.45, 7) is 3.80. The minimum atomic E-state index is -0.667. The van der Waals surface area contributed by atoms with Crippen molar-refractivity contribution in [1.29, 1.82) is 0 Å². The second-order valence-corrected chi connectivity index (χ2v) is 8.45. The maximum absolute atomic E-state index is 13.1. The number of rotatable bonds is 9. The molecule has 1 aromatic heterocycles. The van der Waals surface area contributed by atoms with Gasteiger partial charge < -0.3 is 9.30 Å². The lowest BCUT2D eigenvalue weighted by Crippen LogP contribution is -2.32. The van der Waals surface area contributed by atoms with Crippen LogP contribution in [0.25, 0.3) is 0 Å². The Hall–Kier alpha value is -4.07. The number of ketones is 1. The van der Waals surface area contributed by atoms with Gasteiger partial charge in [0.2, 0.25) is 5.78 Å². The molecule has 7 nitrogen and oxygen atoms in total. The Kier molecular flexibility index (Phi) is 6.91. The largest absolute Gasteiger partial charge is 0.457 e. The van der Waals surface area contributed by atoms with Crippen LogP contribution in [0.15, 0.2) is 54.6 Å². The maximum atomic E-state index is 13.1. The topological polar surface area (TPSA) is 85.7 Å². The van der Waals surface area contributed by atoms with Crippen molar-refractivity contribution in [3.63, 3.8) is 0 Å². The first kappa shape index (κ1) is 24.1. The van der Waals surface area contributed by atoms with E-state index in [2.05, 4.69) is 0 Å². The molecule has 0 saturated heterocycles. The highest BCUT2D eigenvalue weighted by atomic mass is 19.1. The van der Waals surface area contributed by atoms with Gasteiger partial charge in [-0.05, 0) is 56.2 Å². The number of hydrogen-bond donors (Lipinski definition) is 0. The average molecular weight is 477 g/mol. The van der Waals surface area contributed by atoms with E-state index in [4.69, 9.17) is 4.74 Å². The molecule has 0 atom stereocenters. The van der Waals surface area contributed by atoms with Crippen LogP contribution in [0.4, 0.5) is 4.39 Å². The molecule has 180 valence electrons. The second-order valence-electron chi connectivity index (χ2n) is 8.45. The molecule has 3 aromatic rings. The Morgan fingerprint density at radius 2 is 1.54 bits per heavy atom. The monoisotopic (exact) mass is 476 g/mol. The summed E-state index contributed by atoms with van der Waals surface area (Å²) in [5.41, 5.74) is 3.74. The minimum absolute atomic E-state index is 0.114. The fraction of sp³-hybridized carbons (Fsp3) is 0.259. The van der Waals surface area contributed by atoms with Gasteiger partial charge in [0, 0.05) is 30.0 Å². The van der Waals surface area contributed by atoms with Crippen LogP contribution >= 0.6 is 0 Å². The van der Waals surface area contributed by atoms with Gasteiger partial charge in [-0.1, -0.05) is 24.3 Å². The molecule has 35 heavy (non-hydrogen) atoms. The number of imide groups is 1. The van der Waals surface area contributed by atoms with Gasteiger partial charge in [-0.2, -0.15) is 0 Å². The zero-order valence-electron chi connectivity index (χ0n) is 19.5. The van der Waals surface area contributed by atoms with Crippen molar-refractivity contribution in [1.82, 2.24) is 9.47 Å². The number of esters is 1. The van der Waals surface area contributed by atoms with Crippen LogP contribution in [0.3, 0.4) is 0 Å². The number of nitrogens with zero attached hydrogens (tertiary/aromatic N) is 2. The highest BCUT2D eigenvalue weighted by Crippen LogP contribution is 2.22. The molecular weight excluding hydrogens is 451 g/mol. The van der Waals surface area contributed by atoms with Crippen molar-refractivity contribution in [3.8, 4) is 0 Å². The molecule has 0 radical (unpaired) electrons. The highest BCUT2D eigenvalue weighted by Gasteiger charge is 2.35. The first-order chi connectivity index (χ1) is 16.8. The molecule has 8 heteroatoms. The highest BCUT2D eigenvalue weighted by molar-refractivity contribution is 6.21. The smallest absolute Gasteiger partial charge is 0.308 e. The summed E-state index contributed by atoms with van der Waals surface area (Å²) < 4.78 is 20.2. The van der Waals surface area contributed by atoms with Crippen molar-refractivity contribution < 1.29 is 28.3 Å². The van der Waals surface area contributed by atoms with Gasteiger partial charge >= 0.3 is 5.97 Å². The van der Waals surface area contributed by atoms with E-state index in [0.29, 0.717) is 29.7 Å². The van der Waals surface area contributed by atoms with Gasteiger partial charge in [0.1, 0.15) is 5.82 Å². The average Bonchev–Trinajstić information content (AvgIpc) is 3.27. The molecule has 2 heterocycles. The third-order valence-electron chi connectivity index (χ3n) is 6.19. The third-order valence-corrected chi connectivity index (χ3v) is 6.19. The zero-order chi connectivity index (χ0) is 25.1. The Bertz CT molecular complexity index is 1270. The predicted molar refractivity (Wildman–Crippen MR) is 126 cm³/mol. The lowest BCUT2D eigenvalue weighted by atomic mass is 10.1. The lowest BCUT2D eigenvalue weighted by Gasteiger charge is -2.13. The molecule has 0 bridgehead atoms. The van der Waals surface area contributed by atoms with Crippen molar-refractivity contribution >= 4 is 23.6 Å². The van der Waals surface area contributed by atoms with Gasteiger partial charge in [-0.15, -0.1) is 0 Å². The predicted octanol–water partition coefficient (Wildman–Crippen LogP) is 3.90. The number of carbonyl (C=O) groups is 4. The summed E-state index contributed by atoms with van der Waals surface area (Å²) in [5.74, 6) is -2.17. The third kappa shape index (κ3) is 5.06. The number of aryl methyl sites for hydroxylation is 2. The van der Waals surface area contributed by atoms with Crippen LogP contribution in [-0.2, 0) is 22.5 Å². The van der Waals surface area contributed by atoms with Crippen molar-refractivity contribution in [2.45, 2.75) is 33.2 Å². The van der Waals surface area contributed by atoms with E-state index in [0.717, 1.165) is 21.9 Å². The summed E-state index contributed by atoms with van der Waals surface area (Å²) in [5, 5.41) is 0. The van der Waals surface area contributed by atoms with E-state index in [-0.39, 0.29) is 24.6 Å². The number of fused-ring (bicyclic) bond motifs is 1. The Morgan fingerprint density at radius 3 is 2.17 bits per heavy atom. The van der Waals surface area contributed by atoms with Crippen LogP contribution in [0.1, 0.15) is 54.4 Å². The fourth-order valence-corrected chi connectivity index (χ4v) is 4.26. The number of aromatic nitrogens is 1. The van der Waals surface area contributed by atoms with Crippen molar-refractivity contribution in [2.24, 2.45) is 0 Å². The molecule has 0 N–H and O–H groups in total.